The van der Waals surface area contributed by atoms with Crippen LogP contribution in [0.25, 0.3) is 11.3 Å². The fourth-order valence-electron chi connectivity index (χ4n) is 3.10. The van der Waals surface area contributed by atoms with Gasteiger partial charge in [0.15, 0.2) is 5.82 Å². The second-order valence-corrected chi connectivity index (χ2v) is 6.55. The Morgan fingerprint density at radius 3 is 2.58 bits per heavy atom. The molecule has 1 aliphatic heterocycles. The molecule has 1 atom stereocenters. The normalized spacial score (nSPS) is 16.9. The Hall–Kier alpha value is -2.86. The monoisotopic (exact) mass is 365 g/mol. The molecule has 1 unspecified atom stereocenters. The number of hydrogen-bond acceptors (Lipinski definition) is 5. The Morgan fingerprint density at radius 2 is 1.88 bits per heavy atom. The van der Waals surface area contributed by atoms with Crippen LogP contribution in [-0.4, -0.2) is 32.4 Å². The summed E-state index contributed by atoms with van der Waals surface area (Å²) in [4.78, 5) is 31.4. The summed E-state index contributed by atoms with van der Waals surface area (Å²) in [6, 6.07) is 7.41. The van der Waals surface area contributed by atoms with Gasteiger partial charge >= 0.3 is 0 Å². The Kier molecular flexibility index (Phi) is 4.58. The number of nitrogens with zero attached hydrogens (tertiary/aromatic N) is 5. The molecule has 3 aromatic heterocycles. The minimum atomic E-state index is -0.0698. The zero-order valence-electron chi connectivity index (χ0n) is 13.9. The molecule has 3 aromatic rings. The van der Waals surface area contributed by atoms with E-state index in [2.05, 4.69) is 19.9 Å². The van der Waals surface area contributed by atoms with E-state index >= 15 is 0 Å². The number of carbonyl (C=O) groups excluding carboxylic acids is 1. The van der Waals surface area contributed by atoms with E-state index in [1.807, 2.05) is 18.2 Å². The molecule has 1 fully saturated rings. The number of pyridine rings is 2. The van der Waals surface area contributed by atoms with E-state index < -0.39 is 0 Å². The van der Waals surface area contributed by atoms with Crippen molar-refractivity contribution in [2.75, 3.05) is 11.4 Å². The fourth-order valence-corrected chi connectivity index (χ4v) is 3.21. The lowest BCUT2D eigenvalue weighted by atomic mass is 9.99. The van der Waals surface area contributed by atoms with Crippen molar-refractivity contribution >= 4 is 23.3 Å². The van der Waals surface area contributed by atoms with Crippen LogP contribution in [0.1, 0.15) is 12.0 Å². The van der Waals surface area contributed by atoms with Gasteiger partial charge in [0.2, 0.25) is 5.91 Å². The van der Waals surface area contributed by atoms with Crippen molar-refractivity contribution in [2.24, 2.45) is 5.92 Å². The van der Waals surface area contributed by atoms with Crippen molar-refractivity contribution < 1.29 is 4.79 Å². The maximum absolute atomic E-state index is 12.7. The average molecular weight is 366 g/mol. The van der Waals surface area contributed by atoms with Crippen LogP contribution in [0.3, 0.4) is 0 Å². The van der Waals surface area contributed by atoms with Crippen molar-refractivity contribution in [1.29, 1.82) is 0 Å². The van der Waals surface area contributed by atoms with Crippen LogP contribution in [0, 0.1) is 5.92 Å². The van der Waals surface area contributed by atoms with Crippen molar-refractivity contribution in [3.8, 4) is 11.3 Å². The zero-order valence-corrected chi connectivity index (χ0v) is 14.7. The molecule has 0 bridgehead atoms. The molecule has 130 valence electrons. The van der Waals surface area contributed by atoms with E-state index in [9.17, 15) is 4.79 Å². The highest BCUT2D eigenvalue weighted by Crippen LogP contribution is 2.27. The highest BCUT2D eigenvalue weighted by molar-refractivity contribution is 6.29. The first-order valence-corrected chi connectivity index (χ1v) is 8.73. The number of aromatic nitrogens is 4. The zero-order chi connectivity index (χ0) is 17.9. The molecule has 4 rings (SSSR count). The van der Waals surface area contributed by atoms with Gasteiger partial charge in [-0.3, -0.25) is 19.7 Å². The first-order valence-electron chi connectivity index (χ1n) is 8.35. The highest BCUT2D eigenvalue weighted by Gasteiger charge is 2.33. The average Bonchev–Trinajstić information content (AvgIpc) is 3.05. The second-order valence-electron chi connectivity index (χ2n) is 6.16. The van der Waals surface area contributed by atoms with Gasteiger partial charge in [-0.05, 0) is 36.6 Å². The van der Waals surface area contributed by atoms with Crippen molar-refractivity contribution in [3.63, 3.8) is 0 Å². The molecule has 0 aliphatic carbocycles. The van der Waals surface area contributed by atoms with Gasteiger partial charge in [-0.1, -0.05) is 17.7 Å². The smallest absolute Gasteiger partial charge is 0.231 e. The summed E-state index contributed by atoms with van der Waals surface area (Å²) in [7, 11) is 0. The van der Waals surface area contributed by atoms with Gasteiger partial charge in [-0.2, -0.15) is 0 Å². The molecule has 1 saturated heterocycles. The summed E-state index contributed by atoms with van der Waals surface area (Å²) in [5.74, 6) is 0.593. The number of rotatable bonds is 4. The first-order chi connectivity index (χ1) is 12.7. The van der Waals surface area contributed by atoms with Crippen LogP contribution in [0.2, 0.25) is 5.15 Å². The minimum absolute atomic E-state index is 0.0698. The van der Waals surface area contributed by atoms with Gasteiger partial charge in [0.25, 0.3) is 0 Å². The van der Waals surface area contributed by atoms with Gasteiger partial charge < -0.3 is 0 Å². The number of carbonyl (C=O) groups is 1. The lowest BCUT2D eigenvalue weighted by Gasteiger charge is -2.15. The molecular formula is C19H16ClN5O. The van der Waals surface area contributed by atoms with Gasteiger partial charge in [0, 0.05) is 36.6 Å². The highest BCUT2D eigenvalue weighted by atomic mass is 35.5. The third-order valence-electron chi connectivity index (χ3n) is 4.48. The quantitative estimate of drug-likeness (QED) is 0.664. The molecule has 4 heterocycles. The van der Waals surface area contributed by atoms with E-state index in [0.29, 0.717) is 23.9 Å². The summed E-state index contributed by atoms with van der Waals surface area (Å²) in [6.07, 6.45) is 9.93. The van der Waals surface area contributed by atoms with Gasteiger partial charge in [-0.15, -0.1) is 0 Å². The lowest BCUT2D eigenvalue weighted by molar-refractivity contribution is -0.120. The molecule has 6 nitrogen and oxygen atoms in total. The van der Waals surface area contributed by atoms with Crippen molar-refractivity contribution in [2.45, 2.75) is 12.8 Å². The predicted molar refractivity (Wildman–Crippen MR) is 98.7 cm³/mol. The molecule has 0 saturated carbocycles. The SMILES string of the molecule is O=C1C(Cc2ccc(Cl)nc2)CCN1c1cnc(-c2ccncc2)cn1. The molecule has 0 radical (unpaired) electrons. The van der Waals surface area contributed by atoms with Gasteiger partial charge in [0.05, 0.1) is 18.1 Å². The Morgan fingerprint density at radius 1 is 1.04 bits per heavy atom. The topological polar surface area (TPSA) is 71.9 Å². The second kappa shape index (κ2) is 7.17. The molecule has 0 N–H and O–H groups in total. The molecule has 1 aliphatic rings. The predicted octanol–water partition coefficient (Wildman–Crippen LogP) is 3.18. The standard InChI is InChI=1S/C19H16ClN5O/c20-17-2-1-13(10-23-17)9-15-5-8-25(19(15)26)18-12-22-16(11-24-18)14-3-6-21-7-4-14/h1-4,6-7,10-12,15H,5,8-9H2. The molecular weight excluding hydrogens is 350 g/mol. The summed E-state index contributed by atoms with van der Waals surface area (Å²) in [6.45, 7) is 0.647. The summed E-state index contributed by atoms with van der Waals surface area (Å²) >= 11 is 5.81. The summed E-state index contributed by atoms with van der Waals surface area (Å²) in [5, 5.41) is 0.456. The molecule has 0 aromatic carbocycles. The van der Waals surface area contributed by atoms with E-state index in [4.69, 9.17) is 11.6 Å². The lowest BCUT2D eigenvalue weighted by Crippen LogP contribution is -2.28. The van der Waals surface area contributed by atoms with Crippen LogP contribution in [-0.2, 0) is 11.2 Å². The molecule has 26 heavy (non-hydrogen) atoms. The van der Waals surface area contributed by atoms with E-state index in [1.54, 1.807) is 42.0 Å². The number of hydrogen-bond donors (Lipinski definition) is 0. The van der Waals surface area contributed by atoms with Crippen molar-refractivity contribution in [3.05, 3.63) is 66.0 Å². The van der Waals surface area contributed by atoms with E-state index in [0.717, 1.165) is 23.2 Å². The summed E-state index contributed by atoms with van der Waals surface area (Å²) < 4.78 is 0. The van der Waals surface area contributed by atoms with E-state index in [-0.39, 0.29) is 11.8 Å². The Balaban J connectivity index is 1.47. The number of halogens is 1. The van der Waals surface area contributed by atoms with Crippen LogP contribution >= 0.6 is 11.6 Å². The molecule has 7 heteroatoms. The van der Waals surface area contributed by atoms with Gasteiger partial charge in [0.1, 0.15) is 5.15 Å². The third-order valence-corrected chi connectivity index (χ3v) is 4.70. The van der Waals surface area contributed by atoms with Crippen molar-refractivity contribution in [1.82, 2.24) is 19.9 Å². The van der Waals surface area contributed by atoms with E-state index in [1.165, 1.54) is 0 Å². The maximum Gasteiger partial charge on any atom is 0.231 e. The van der Waals surface area contributed by atoms with Crippen LogP contribution < -0.4 is 4.90 Å². The maximum atomic E-state index is 12.7. The van der Waals surface area contributed by atoms with Crippen LogP contribution in [0.5, 0.6) is 0 Å². The number of amides is 1. The third kappa shape index (κ3) is 3.41. The van der Waals surface area contributed by atoms with Crippen LogP contribution in [0.15, 0.2) is 55.2 Å². The summed E-state index contributed by atoms with van der Waals surface area (Å²) in [5.41, 5.74) is 2.71. The molecule has 0 spiro atoms. The minimum Gasteiger partial charge on any atom is -0.295 e. The first kappa shape index (κ1) is 16.6. The van der Waals surface area contributed by atoms with Crippen LogP contribution in [0.4, 0.5) is 5.82 Å². The number of anilines is 1. The largest absolute Gasteiger partial charge is 0.295 e. The Bertz CT molecular complexity index is 899. The molecule has 1 amide bonds. The Labute approximate surface area is 155 Å². The van der Waals surface area contributed by atoms with Gasteiger partial charge in [-0.25, -0.2) is 9.97 Å². The fraction of sp³-hybridized carbons (Fsp3) is 0.211.